The lowest BCUT2D eigenvalue weighted by molar-refractivity contribution is 0.252. The van der Waals surface area contributed by atoms with Crippen LogP contribution in [-0.2, 0) is 12.3 Å². The Kier molecular flexibility index (Phi) is 7.96. The Morgan fingerprint density at radius 1 is 1.16 bits per heavy atom. The number of hydrogen-bond donors (Lipinski definition) is 2. The number of nitrogens with zero attached hydrogens (tertiary/aromatic N) is 1. The quantitative estimate of drug-likeness (QED) is 0.629. The number of furan rings is 1. The Labute approximate surface area is 162 Å². The molecule has 0 saturated heterocycles. The van der Waals surface area contributed by atoms with Gasteiger partial charge in [-0.05, 0) is 44.4 Å². The Balaban J connectivity index is 1.63. The van der Waals surface area contributed by atoms with Crippen molar-refractivity contribution < 1.29 is 9.21 Å². The van der Waals surface area contributed by atoms with Gasteiger partial charge in [-0.15, -0.1) is 0 Å². The first-order valence-corrected chi connectivity index (χ1v) is 9.65. The summed E-state index contributed by atoms with van der Waals surface area (Å²) in [6.07, 6.45) is 0. The molecule has 2 rings (SSSR count). The molecule has 2 amide bonds. The topological polar surface area (TPSA) is 57.5 Å². The van der Waals surface area contributed by atoms with Crippen LogP contribution in [0.2, 0.25) is 10.0 Å². The van der Waals surface area contributed by atoms with Crippen molar-refractivity contribution in [1.82, 2.24) is 10.2 Å². The van der Waals surface area contributed by atoms with Gasteiger partial charge < -0.3 is 20.0 Å². The molecule has 0 unspecified atom stereocenters. The van der Waals surface area contributed by atoms with Gasteiger partial charge >= 0.3 is 6.03 Å². The zero-order valence-corrected chi connectivity index (χ0v) is 16.5. The van der Waals surface area contributed by atoms with Crippen LogP contribution in [0.1, 0.15) is 11.5 Å². The van der Waals surface area contributed by atoms with Crippen LogP contribution in [0.25, 0.3) is 0 Å². The van der Waals surface area contributed by atoms with E-state index in [2.05, 4.69) is 15.5 Å². The summed E-state index contributed by atoms with van der Waals surface area (Å²) in [5, 5.41) is 6.37. The molecule has 2 aromatic rings. The summed E-state index contributed by atoms with van der Waals surface area (Å²) in [7, 11) is 4.01. The van der Waals surface area contributed by atoms with Gasteiger partial charge in [0.25, 0.3) is 0 Å². The highest BCUT2D eigenvalue weighted by atomic mass is 35.5. The van der Waals surface area contributed by atoms with E-state index in [1.165, 1.54) is 0 Å². The summed E-state index contributed by atoms with van der Waals surface area (Å²) in [5.74, 6) is 3.48. The van der Waals surface area contributed by atoms with Gasteiger partial charge in [0.05, 0.1) is 22.3 Å². The molecular formula is C17H21Cl2N3O2S. The van der Waals surface area contributed by atoms with Crippen molar-refractivity contribution in [3.05, 3.63) is 51.9 Å². The van der Waals surface area contributed by atoms with Crippen LogP contribution in [0.4, 0.5) is 10.5 Å². The fraction of sp³-hybridized carbons (Fsp3) is 0.353. The SMILES string of the molecule is CN(C)Cc1ccc(CSCCNC(=O)Nc2ccc(Cl)c(Cl)c2)o1. The third-order valence-corrected chi connectivity index (χ3v) is 4.86. The Morgan fingerprint density at radius 2 is 1.92 bits per heavy atom. The molecule has 8 heteroatoms. The number of carbonyl (C=O) groups is 1. The summed E-state index contributed by atoms with van der Waals surface area (Å²) in [5.41, 5.74) is 0.601. The van der Waals surface area contributed by atoms with Crippen molar-refractivity contribution in [3.8, 4) is 0 Å². The second kappa shape index (κ2) is 9.97. The van der Waals surface area contributed by atoms with Crippen molar-refractivity contribution in [3.63, 3.8) is 0 Å². The van der Waals surface area contributed by atoms with Crippen LogP contribution in [0.5, 0.6) is 0 Å². The van der Waals surface area contributed by atoms with Gasteiger partial charge in [0.15, 0.2) is 0 Å². The fourth-order valence-electron chi connectivity index (χ4n) is 2.06. The number of thioether (sulfide) groups is 1. The minimum Gasteiger partial charge on any atom is -0.464 e. The predicted octanol–water partition coefficient (Wildman–Crippen LogP) is 4.70. The maximum Gasteiger partial charge on any atom is 0.319 e. The summed E-state index contributed by atoms with van der Waals surface area (Å²) < 4.78 is 5.74. The molecule has 1 aromatic carbocycles. The summed E-state index contributed by atoms with van der Waals surface area (Å²) in [6, 6.07) is 8.68. The lowest BCUT2D eigenvalue weighted by atomic mass is 10.3. The van der Waals surface area contributed by atoms with E-state index in [0.29, 0.717) is 22.3 Å². The van der Waals surface area contributed by atoms with E-state index in [1.807, 2.05) is 26.2 Å². The molecule has 136 valence electrons. The third-order valence-electron chi connectivity index (χ3n) is 3.14. The molecule has 25 heavy (non-hydrogen) atoms. The van der Waals surface area contributed by atoms with Gasteiger partial charge in [-0.2, -0.15) is 11.8 Å². The van der Waals surface area contributed by atoms with Gasteiger partial charge in [-0.1, -0.05) is 23.2 Å². The number of anilines is 1. The lowest BCUT2D eigenvalue weighted by Gasteiger charge is -2.08. The monoisotopic (exact) mass is 401 g/mol. The highest BCUT2D eigenvalue weighted by molar-refractivity contribution is 7.98. The van der Waals surface area contributed by atoms with E-state index in [4.69, 9.17) is 27.6 Å². The van der Waals surface area contributed by atoms with Gasteiger partial charge in [0.1, 0.15) is 11.5 Å². The first kappa shape index (κ1) is 20.0. The first-order chi connectivity index (χ1) is 11.9. The standard InChI is InChI=1S/C17H21Cl2N3O2S/c1-22(2)10-13-4-5-14(24-13)11-25-8-7-20-17(23)21-12-3-6-15(18)16(19)9-12/h3-6,9H,7-8,10-11H2,1-2H3,(H2,20,21,23). The van der Waals surface area contributed by atoms with Gasteiger partial charge in [-0.25, -0.2) is 4.79 Å². The fourth-order valence-corrected chi connectivity index (χ4v) is 3.10. The molecule has 0 aliphatic heterocycles. The largest absolute Gasteiger partial charge is 0.464 e. The predicted molar refractivity (Wildman–Crippen MR) is 106 cm³/mol. The molecule has 0 atom stereocenters. The molecule has 1 heterocycles. The maximum absolute atomic E-state index is 11.8. The van der Waals surface area contributed by atoms with Gasteiger partial charge in [0, 0.05) is 18.0 Å². The highest BCUT2D eigenvalue weighted by Crippen LogP contribution is 2.24. The van der Waals surface area contributed by atoms with E-state index in [-0.39, 0.29) is 6.03 Å². The van der Waals surface area contributed by atoms with Crippen LogP contribution in [0, 0.1) is 0 Å². The van der Waals surface area contributed by atoms with E-state index in [1.54, 1.807) is 30.0 Å². The molecule has 0 fully saturated rings. The molecule has 2 N–H and O–H groups in total. The zero-order chi connectivity index (χ0) is 18.2. The van der Waals surface area contributed by atoms with Crippen LogP contribution in [0.15, 0.2) is 34.7 Å². The second-order valence-corrected chi connectivity index (χ2v) is 7.59. The Morgan fingerprint density at radius 3 is 2.64 bits per heavy atom. The molecule has 5 nitrogen and oxygen atoms in total. The number of rotatable bonds is 8. The van der Waals surface area contributed by atoms with E-state index >= 15 is 0 Å². The van der Waals surface area contributed by atoms with Crippen LogP contribution < -0.4 is 10.6 Å². The summed E-state index contributed by atoms with van der Waals surface area (Å²) in [4.78, 5) is 13.9. The molecule has 0 aliphatic carbocycles. The average Bonchev–Trinajstić information content (AvgIpc) is 2.97. The number of benzene rings is 1. The van der Waals surface area contributed by atoms with Crippen LogP contribution >= 0.6 is 35.0 Å². The van der Waals surface area contributed by atoms with Crippen molar-refractivity contribution >= 4 is 46.7 Å². The summed E-state index contributed by atoms with van der Waals surface area (Å²) in [6.45, 7) is 1.35. The number of halogens is 2. The van der Waals surface area contributed by atoms with Crippen LogP contribution in [0.3, 0.4) is 0 Å². The molecule has 0 spiro atoms. The van der Waals surface area contributed by atoms with Gasteiger partial charge in [0.2, 0.25) is 0 Å². The van der Waals surface area contributed by atoms with E-state index in [0.717, 1.165) is 29.6 Å². The third kappa shape index (κ3) is 7.20. The number of urea groups is 1. The van der Waals surface area contributed by atoms with E-state index in [9.17, 15) is 4.79 Å². The van der Waals surface area contributed by atoms with Gasteiger partial charge in [-0.3, -0.25) is 0 Å². The smallest absolute Gasteiger partial charge is 0.319 e. The number of nitrogens with one attached hydrogen (secondary N) is 2. The average molecular weight is 402 g/mol. The second-order valence-electron chi connectivity index (χ2n) is 5.67. The highest BCUT2D eigenvalue weighted by Gasteiger charge is 2.05. The van der Waals surface area contributed by atoms with Crippen LogP contribution in [-0.4, -0.2) is 37.3 Å². The first-order valence-electron chi connectivity index (χ1n) is 7.74. The minimum atomic E-state index is -0.273. The summed E-state index contributed by atoms with van der Waals surface area (Å²) >= 11 is 13.5. The zero-order valence-electron chi connectivity index (χ0n) is 14.1. The Hall–Kier alpha value is -1.34. The molecule has 0 aliphatic rings. The molecule has 1 aromatic heterocycles. The van der Waals surface area contributed by atoms with Crippen molar-refractivity contribution in [1.29, 1.82) is 0 Å². The maximum atomic E-state index is 11.8. The van der Waals surface area contributed by atoms with Crippen molar-refractivity contribution in [2.24, 2.45) is 0 Å². The minimum absolute atomic E-state index is 0.273. The number of hydrogen-bond acceptors (Lipinski definition) is 4. The van der Waals surface area contributed by atoms with Crippen molar-refractivity contribution in [2.45, 2.75) is 12.3 Å². The number of carbonyl (C=O) groups excluding carboxylic acids is 1. The lowest BCUT2D eigenvalue weighted by Crippen LogP contribution is -2.30. The number of amides is 2. The molecule has 0 radical (unpaired) electrons. The van der Waals surface area contributed by atoms with E-state index < -0.39 is 0 Å². The molecular weight excluding hydrogens is 381 g/mol. The molecule has 0 saturated carbocycles. The molecule has 0 bridgehead atoms. The normalized spacial score (nSPS) is 10.9. The Bertz CT molecular complexity index is 707. The van der Waals surface area contributed by atoms with Crippen molar-refractivity contribution in [2.75, 3.05) is 31.7 Å².